The second kappa shape index (κ2) is 3.70. The lowest BCUT2D eigenvalue weighted by atomic mass is 10.3. The van der Waals surface area contributed by atoms with Crippen molar-refractivity contribution in [2.45, 2.75) is 6.61 Å². The molecule has 2 rings (SSSR count). The largest absolute Gasteiger partial charge is 0.476 e. The third kappa shape index (κ3) is 1.43. The Balaban J connectivity index is 2.78. The Labute approximate surface area is 88.9 Å². The Bertz CT molecular complexity index is 575. The predicted molar refractivity (Wildman–Crippen MR) is 53.5 cm³/mol. The Kier molecular flexibility index (Phi) is 2.37. The maximum absolute atomic E-state index is 10.8. The Morgan fingerprint density at radius 2 is 2.25 bits per heavy atom. The minimum atomic E-state index is -1.32. The van der Waals surface area contributed by atoms with Crippen LogP contribution in [0.25, 0.3) is 5.65 Å². The second-order valence-corrected chi connectivity index (χ2v) is 3.10. The number of nitroso groups, excluding NO2 is 1. The third-order valence-electron chi connectivity index (χ3n) is 2.13. The molecule has 0 aliphatic rings. The molecule has 2 heterocycles. The van der Waals surface area contributed by atoms with Crippen LogP contribution in [0.2, 0.25) is 0 Å². The van der Waals surface area contributed by atoms with Gasteiger partial charge in [0.1, 0.15) is 5.65 Å². The summed E-state index contributed by atoms with van der Waals surface area (Å²) in [4.78, 5) is 25.1. The third-order valence-corrected chi connectivity index (χ3v) is 2.13. The van der Waals surface area contributed by atoms with Crippen LogP contribution in [0.15, 0.2) is 23.5 Å². The van der Waals surface area contributed by atoms with Gasteiger partial charge in [-0.05, 0) is 16.8 Å². The number of nitrogens with zero attached hydrogens (tertiary/aromatic N) is 3. The highest BCUT2D eigenvalue weighted by Gasteiger charge is 2.18. The van der Waals surface area contributed by atoms with Gasteiger partial charge in [0.25, 0.3) is 0 Å². The lowest BCUT2D eigenvalue weighted by Gasteiger charge is -1.97. The van der Waals surface area contributed by atoms with E-state index in [0.717, 1.165) is 0 Å². The summed E-state index contributed by atoms with van der Waals surface area (Å²) in [6.45, 7) is -0.213. The summed E-state index contributed by atoms with van der Waals surface area (Å²) < 4.78 is 1.24. The van der Waals surface area contributed by atoms with E-state index in [1.165, 1.54) is 16.7 Å². The summed E-state index contributed by atoms with van der Waals surface area (Å²) in [5, 5.41) is 20.4. The van der Waals surface area contributed by atoms with Crippen molar-refractivity contribution in [2.24, 2.45) is 5.18 Å². The number of aromatic carboxylic acids is 1. The normalized spacial score (nSPS) is 10.6. The van der Waals surface area contributed by atoms with Crippen LogP contribution in [-0.4, -0.2) is 25.6 Å². The predicted octanol–water partition coefficient (Wildman–Crippen LogP) is 0.923. The van der Waals surface area contributed by atoms with Crippen LogP contribution in [0.4, 0.5) is 5.82 Å². The van der Waals surface area contributed by atoms with E-state index in [4.69, 9.17) is 10.2 Å². The second-order valence-electron chi connectivity index (χ2n) is 3.10. The first-order valence-electron chi connectivity index (χ1n) is 4.36. The first-order chi connectivity index (χ1) is 7.67. The lowest BCUT2D eigenvalue weighted by Crippen LogP contribution is -1.96. The van der Waals surface area contributed by atoms with E-state index in [1.54, 1.807) is 6.07 Å². The molecule has 0 radical (unpaired) electrons. The zero-order valence-electron chi connectivity index (χ0n) is 7.99. The number of aliphatic hydroxyl groups is 1. The van der Waals surface area contributed by atoms with Gasteiger partial charge in [0.05, 0.1) is 6.61 Å². The number of rotatable bonds is 3. The molecule has 0 aromatic carbocycles. The molecule has 7 nitrogen and oxygen atoms in total. The van der Waals surface area contributed by atoms with E-state index in [2.05, 4.69) is 10.2 Å². The number of hydrogen-bond donors (Lipinski definition) is 2. The van der Waals surface area contributed by atoms with Crippen molar-refractivity contribution in [1.29, 1.82) is 0 Å². The molecule has 0 aliphatic carbocycles. The molecular formula is C9H7N3O4. The zero-order chi connectivity index (χ0) is 11.7. The van der Waals surface area contributed by atoms with Crippen LogP contribution in [0, 0.1) is 4.91 Å². The number of carboxylic acid groups (broad SMARTS) is 1. The molecule has 0 saturated heterocycles. The van der Waals surface area contributed by atoms with Gasteiger partial charge in [0.2, 0.25) is 5.82 Å². The highest BCUT2D eigenvalue weighted by molar-refractivity contribution is 5.91. The summed E-state index contributed by atoms with van der Waals surface area (Å²) in [5.41, 5.74) is 0.432. The molecule has 82 valence electrons. The van der Waals surface area contributed by atoms with Gasteiger partial charge in [-0.1, -0.05) is 6.07 Å². The van der Waals surface area contributed by atoms with Crippen LogP contribution in [0.1, 0.15) is 16.1 Å². The van der Waals surface area contributed by atoms with Gasteiger partial charge in [-0.25, -0.2) is 9.78 Å². The standard InChI is InChI=1S/C9H7N3O4/c13-4-5-1-2-6-10-7(9(14)15)8(11-16)12(6)3-5/h1-3,13H,4H2,(H,14,15). The summed E-state index contributed by atoms with van der Waals surface area (Å²) >= 11 is 0. The van der Waals surface area contributed by atoms with Gasteiger partial charge in [-0.15, -0.1) is 4.91 Å². The smallest absolute Gasteiger partial charge is 0.358 e. The zero-order valence-corrected chi connectivity index (χ0v) is 7.99. The van der Waals surface area contributed by atoms with Gasteiger partial charge in [-0.2, -0.15) is 0 Å². The quantitative estimate of drug-likeness (QED) is 0.750. The number of imidazole rings is 1. The molecule has 7 heteroatoms. The highest BCUT2D eigenvalue weighted by Crippen LogP contribution is 2.21. The molecule has 2 aromatic rings. The highest BCUT2D eigenvalue weighted by atomic mass is 16.4. The van der Waals surface area contributed by atoms with Crippen molar-refractivity contribution in [3.63, 3.8) is 0 Å². The van der Waals surface area contributed by atoms with Gasteiger partial charge >= 0.3 is 5.97 Å². The molecule has 0 unspecified atom stereocenters. The lowest BCUT2D eigenvalue weighted by molar-refractivity contribution is 0.0692. The van der Waals surface area contributed by atoms with Crippen molar-refractivity contribution >= 4 is 17.4 Å². The summed E-state index contributed by atoms with van der Waals surface area (Å²) in [6.07, 6.45) is 1.42. The molecule has 2 N–H and O–H groups in total. The molecule has 0 bridgehead atoms. The summed E-state index contributed by atoms with van der Waals surface area (Å²) in [5.74, 6) is -1.60. The summed E-state index contributed by atoms with van der Waals surface area (Å²) in [7, 11) is 0. The van der Waals surface area contributed by atoms with E-state index in [0.29, 0.717) is 11.2 Å². The molecule has 0 atom stereocenters. The number of aromatic nitrogens is 2. The van der Waals surface area contributed by atoms with Crippen molar-refractivity contribution in [3.8, 4) is 0 Å². The van der Waals surface area contributed by atoms with Crippen molar-refractivity contribution in [3.05, 3.63) is 34.5 Å². The van der Waals surface area contributed by atoms with Crippen LogP contribution in [0.5, 0.6) is 0 Å². The first kappa shape index (κ1) is 10.2. The first-order valence-corrected chi connectivity index (χ1v) is 4.36. The SMILES string of the molecule is O=Nc1c(C(=O)O)nc2ccc(CO)cn12. The van der Waals surface area contributed by atoms with E-state index < -0.39 is 11.7 Å². The number of pyridine rings is 1. The van der Waals surface area contributed by atoms with E-state index in [9.17, 15) is 9.70 Å². The monoisotopic (exact) mass is 221 g/mol. The average Bonchev–Trinajstić information content (AvgIpc) is 2.66. The topological polar surface area (TPSA) is 104 Å². The van der Waals surface area contributed by atoms with E-state index in [-0.39, 0.29) is 12.4 Å². The fourth-order valence-electron chi connectivity index (χ4n) is 1.40. The minimum absolute atomic E-state index is 0.213. The number of carboxylic acids is 1. The summed E-state index contributed by atoms with van der Waals surface area (Å²) in [6, 6.07) is 3.09. The fourth-order valence-corrected chi connectivity index (χ4v) is 1.40. The maximum atomic E-state index is 10.8. The van der Waals surface area contributed by atoms with Crippen LogP contribution in [0.3, 0.4) is 0 Å². The van der Waals surface area contributed by atoms with Gasteiger partial charge in [0, 0.05) is 6.20 Å². The van der Waals surface area contributed by atoms with Crippen LogP contribution < -0.4 is 0 Å². The number of fused-ring (bicyclic) bond motifs is 1. The van der Waals surface area contributed by atoms with Crippen LogP contribution >= 0.6 is 0 Å². The van der Waals surface area contributed by atoms with Gasteiger partial charge < -0.3 is 10.2 Å². The molecule has 2 aromatic heterocycles. The van der Waals surface area contributed by atoms with Crippen LogP contribution in [-0.2, 0) is 6.61 Å². The Morgan fingerprint density at radius 1 is 1.50 bits per heavy atom. The van der Waals surface area contributed by atoms with Gasteiger partial charge in [-0.3, -0.25) is 4.40 Å². The Hall–Kier alpha value is -2.28. The number of hydrogen-bond acceptors (Lipinski definition) is 5. The molecule has 0 spiro atoms. The molecular weight excluding hydrogens is 214 g/mol. The van der Waals surface area contributed by atoms with Crippen molar-refractivity contribution in [1.82, 2.24) is 9.38 Å². The van der Waals surface area contributed by atoms with E-state index in [1.807, 2.05) is 0 Å². The van der Waals surface area contributed by atoms with Crippen molar-refractivity contribution in [2.75, 3.05) is 0 Å². The van der Waals surface area contributed by atoms with Crippen molar-refractivity contribution < 1.29 is 15.0 Å². The average molecular weight is 221 g/mol. The maximum Gasteiger partial charge on any atom is 0.358 e. The van der Waals surface area contributed by atoms with Gasteiger partial charge in [0.15, 0.2) is 5.69 Å². The number of carbonyl (C=O) groups is 1. The Morgan fingerprint density at radius 3 is 2.81 bits per heavy atom. The minimum Gasteiger partial charge on any atom is -0.476 e. The number of aliphatic hydroxyl groups excluding tert-OH is 1. The molecule has 16 heavy (non-hydrogen) atoms. The molecule has 0 fully saturated rings. The van der Waals surface area contributed by atoms with E-state index >= 15 is 0 Å². The molecule has 0 amide bonds. The fraction of sp³-hybridized carbons (Fsp3) is 0.111. The molecule has 0 aliphatic heterocycles. The molecule has 0 saturated carbocycles.